The van der Waals surface area contributed by atoms with E-state index in [0.717, 1.165) is 6.07 Å². The van der Waals surface area contributed by atoms with Gasteiger partial charge in [-0.15, -0.1) is 0 Å². The summed E-state index contributed by atoms with van der Waals surface area (Å²) >= 11 is 0. The maximum Gasteiger partial charge on any atom is 0.289 e. The summed E-state index contributed by atoms with van der Waals surface area (Å²) in [5.74, 6) is 1.02. The van der Waals surface area contributed by atoms with E-state index in [1.165, 1.54) is 18.2 Å². The highest BCUT2D eigenvalue weighted by atomic mass is 32.2. The van der Waals surface area contributed by atoms with Crippen LogP contribution in [0, 0.1) is 27.4 Å². The van der Waals surface area contributed by atoms with Crippen molar-refractivity contribution in [1.29, 1.82) is 5.26 Å². The third-order valence-electron chi connectivity index (χ3n) is 8.83. The molecule has 1 unspecified atom stereocenters. The van der Waals surface area contributed by atoms with E-state index < -0.39 is 37.1 Å². The van der Waals surface area contributed by atoms with Crippen LogP contribution < -0.4 is 25.2 Å². The molecule has 3 N–H and O–H groups in total. The minimum absolute atomic E-state index is 0.0440. The van der Waals surface area contributed by atoms with Crippen molar-refractivity contribution in [2.24, 2.45) is 5.92 Å². The number of sulfonamides is 1. The molecule has 14 nitrogen and oxygen atoms in total. The molecule has 1 fully saturated rings. The number of carbonyl (C=O) groups is 1. The fraction of sp³-hybridized carbons (Fsp3) is 0.312. The molecular weight excluding hydrogens is 626 g/mol. The Kier molecular flexibility index (Phi) is 8.63. The zero-order chi connectivity index (χ0) is 33.3. The van der Waals surface area contributed by atoms with E-state index in [-0.39, 0.29) is 30.9 Å². The summed E-state index contributed by atoms with van der Waals surface area (Å²) in [5.41, 5.74) is 0.270. The Morgan fingerprint density at radius 3 is 2.64 bits per heavy atom. The topological polar surface area (TPSA) is 200 Å². The van der Waals surface area contributed by atoms with Gasteiger partial charge in [0.1, 0.15) is 5.82 Å². The van der Waals surface area contributed by atoms with Crippen LogP contribution in [0.5, 0.6) is 5.75 Å². The summed E-state index contributed by atoms with van der Waals surface area (Å²) in [5, 5.41) is 24.3. The quantitative estimate of drug-likeness (QED) is 0.176. The normalized spacial score (nSPS) is 18.3. The number of hydrogen-bond acceptors (Lipinski definition) is 10. The molecule has 0 spiro atoms. The van der Waals surface area contributed by atoms with Crippen molar-refractivity contribution in [3.63, 3.8) is 0 Å². The van der Waals surface area contributed by atoms with Gasteiger partial charge in [0, 0.05) is 36.3 Å². The number of nitriles is 1. The number of anilines is 2. The molecule has 0 radical (unpaired) electrons. The number of aromatic amines is 1. The molecule has 6 rings (SSSR count). The highest BCUT2D eigenvalue weighted by Gasteiger charge is 2.35. The highest BCUT2D eigenvalue weighted by Crippen LogP contribution is 2.35. The summed E-state index contributed by atoms with van der Waals surface area (Å²) in [4.78, 5) is 44.9. The van der Waals surface area contributed by atoms with Gasteiger partial charge in [-0.1, -0.05) is 18.2 Å². The highest BCUT2D eigenvalue weighted by molar-refractivity contribution is 7.89. The van der Waals surface area contributed by atoms with Crippen LogP contribution >= 0.6 is 0 Å². The molecule has 0 saturated heterocycles. The number of fused-ring (bicyclic) bond motifs is 2. The summed E-state index contributed by atoms with van der Waals surface area (Å²) < 4.78 is 35.5. The van der Waals surface area contributed by atoms with Crippen LogP contribution in [0.1, 0.15) is 36.8 Å². The minimum Gasteiger partial charge on any atom is -0.480 e. The first-order chi connectivity index (χ1) is 22.5. The predicted octanol–water partition coefficient (Wildman–Crippen LogP) is 3.62. The van der Waals surface area contributed by atoms with Crippen LogP contribution in [0.15, 0.2) is 70.4 Å². The molecule has 1 aliphatic heterocycles. The molecule has 4 aromatic rings. The second kappa shape index (κ2) is 12.8. The van der Waals surface area contributed by atoms with E-state index in [1.54, 1.807) is 30.3 Å². The lowest BCUT2D eigenvalue weighted by Crippen LogP contribution is -2.46. The maximum absolute atomic E-state index is 13.7. The molecular formula is C32H31N7O7S. The molecule has 1 atom stereocenters. The number of H-pyrrole nitrogens is 1. The van der Waals surface area contributed by atoms with E-state index in [0.29, 0.717) is 65.1 Å². The number of para-hydroxylation sites is 1. The second-order valence-corrected chi connectivity index (χ2v) is 13.4. The third-order valence-corrected chi connectivity index (χ3v) is 10.4. The van der Waals surface area contributed by atoms with Crippen molar-refractivity contribution < 1.29 is 22.9 Å². The monoisotopic (exact) mass is 657 g/mol. The number of benzene rings is 2. The largest absolute Gasteiger partial charge is 0.480 e. The number of ether oxygens (including phenoxy) is 1. The Labute approximate surface area is 269 Å². The lowest BCUT2D eigenvalue weighted by molar-refractivity contribution is -0.387. The standard InChI is InChI=1S/C32H31N7O7S/c1-38(29-13-12-27-31(35-29)36-30(40)18-46-27)23-10-8-20(9-11-23)25(37-47(44,45)28-5-3-2-4-26(28)39(42)43)16-22-15-21-7-6-19(17-33)14-24(21)34-32(22)41/h2-7,12-15,20,23,25,37H,8-11,16,18H2,1H3,(H,34,41)(H,35,36,40). The Morgan fingerprint density at radius 1 is 1.13 bits per heavy atom. The van der Waals surface area contributed by atoms with E-state index >= 15 is 0 Å². The van der Waals surface area contributed by atoms with E-state index in [1.807, 2.05) is 24.1 Å². The molecule has 0 bridgehead atoms. The Balaban J connectivity index is 1.26. The van der Waals surface area contributed by atoms with Gasteiger partial charge in [-0.3, -0.25) is 19.7 Å². The van der Waals surface area contributed by atoms with Crippen molar-refractivity contribution in [2.75, 3.05) is 23.9 Å². The van der Waals surface area contributed by atoms with Gasteiger partial charge in [-0.25, -0.2) is 18.1 Å². The number of nitrogens with one attached hydrogen (secondary N) is 3. The predicted molar refractivity (Wildman–Crippen MR) is 173 cm³/mol. The summed E-state index contributed by atoms with van der Waals surface area (Å²) in [6.07, 6.45) is 2.60. The average Bonchev–Trinajstić information content (AvgIpc) is 3.07. The van der Waals surface area contributed by atoms with E-state index in [4.69, 9.17) is 4.74 Å². The number of amides is 1. The minimum atomic E-state index is -4.36. The van der Waals surface area contributed by atoms with Gasteiger partial charge >= 0.3 is 0 Å². The first-order valence-electron chi connectivity index (χ1n) is 15.0. The second-order valence-electron chi connectivity index (χ2n) is 11.7. The number of nitrogens with zero attached hydrogens (tertiary/aromatic N) is 4. The van der Waals surface area contributed by atoms with Crippen molar-refractivity contribution in [2.45, 2.75) is 49.1 Å². The molecule has 1 saturated carbocycles. The Hall–Kier alpha value is -5.33. The maximum atomic E-state index is 13.7. The molecule has 1 aliphatic carbocycles. The molecule has 242 valence electrons. The van der Waals surface area contributed by atoms with E-state index in [2.05, 4.69) is 20.0 Å². The van der Waals surface area contributed by atoms with Crippen molar-refractivity contribution in [1.82, 2.24) is 14.7 Å². The van der Waals surface area contributed by atoms with Crippen LogP contribution in [0.3, 0.4) is 0 Å². The van der Waals surface area contributed by atoms with Crippen LogP contribution in [-0.4, -0.2) is 55.0 Å². The average molecular weight is 658 g/mol. The van der Waals surface area contributed by atoms with Crippen molar-refractivity contribution in [3.05, 3.63) is 92.3 Å². The van der Waals surface area contributed by atoms with Gasteiger partial charge in [0.15, 0.2) is 23.1 Å². The first kappa shape index (κ1) is 31.6. The fourth-order valence-corrected chi connectivity index (χ4v) is 7.81. The number of nitro benzene ring substituents is 1. The smallest absolute Gasteiger partial charge is 0.289 e. The van der Waals surface area contributed by atoms with Crippen molar-refractivity contribution >= 4 is 44.2 Å². The van der Waals surface area contributed by atoms with Crippen LogP contribution in [0.25, 0.3) is 10.9 Å². The summed E-state index contributed by atoms with van der Waals surface area (Å²) in [6.45, 7) is -0.0659. The number of pyridine rings is 2. The van der Waals surface area contributed by atoms with Gasteiger partial charge < -0.3 is 19.9 Å². The molecule has 47 heavy (non-hydrogen) atoms. The Bertz CT molecular complexity index is 2090. The number of nitro groups is 1. The summed E-state index contributed by atoms with van der Waals surface area (Å²) in [7, 11) is -2.45. The lowest BCUT2D eigenvalue weighted by atomic mass is 9.79. The van der Waals surface area contributed by atoms with Crippen molar-refractivity contribution in [3.8, 4) is 11.8 Å². The molecule has 1 amide bonds. The first-order valence-corrected chi connectivity index (χ1v) is 16.5. The summed E-state index contributed by atoms with van der Waals surface area (Å²) in [6, 6.07) is 16.7. The third kappa shape index (κ3) is 6.64. The van der Waals surface area contributed by atoms with Gasteiger partial charge in [0.05, 0.1) is 16.6 Å². The van der Waals surface area contributed by atoms with Gasteiger partial charge in [0.2, 0.25) is 10.0 Å². The lowest BCUT2D eigenvalue weighted by Gasteiger charge is -2.38. The van der Waals surface area contributed by atoms with Gasteiger partial charge in [0.25, 0.3) is 17.2 Å². The molecule has 2 aromatic carbocycles. The van der Waals surface area contributed by atoms with E-state index in [9.17, 15) is 33.4 Å². The molecule has 2 aliphatic rings. The Morgan fingerprint density at radius 2 is 1.89 bits per heavy atom. The zero-order valence-corrected chi connectivity index (χ0v) is 26.1. The molecule has 15 heteroatoms. The van der Waals surface area contributed by atoms with Crippen LogP contribution in [0.2, 0.25) is 0 Å². The SMILES string of the molecule is CN(c1ccc2c(n1)NC(=O)CO2)C1CCC(C(Cc2cc3ccc(C#N)cc3[nH]c2=O)NS(=O)(=O)c2ccccc2[N+](=O)[O-])CC1. The fourth-order valence-electron chi connectivity index (χ4n) is 6.34. The van der Waals surface area contributed by atoms with Crippen LogP contribution in [-0.2, 0) is 21.2 Å². The van der Waals surface area contributed by atoms with Gasteiger partial charge in [-0.2, -0.15) is 5.26 Å². The number of hydrogen-bond donors (Lipinski definition) is 3. The number of rotatable bonds is 9. The molecule has 2 aromatic heterocycles. The molecule has 3 heterocycles. The van der Waals surface area contributed by atoms with Gasteiger partial charge in [-0.05, 0) is 79.8 Å². The van der Waals surface area contributed by atoms with Crippen LogP contribution in [0.4, 0.5) is 17.3 Å². The number of aromatic nitrogens is 2. The number of carbonyl (C=O) groups excluding carboxylic acids is 1. The zero-order valence-electron chi connectivity index (χ0n) is 25.3.